The van der Waals surface area contributed by atoms with E-state index in [1.165, 1.54) is 0 Å². The lowest BCUT2D eigenvalue weighted by molar-refractivity contribution is 0.0971. The Kier molecular flexibility index (Phi) is 4.14. The van der Waals surface area contributed by atoms with Gasteiger partial charge in [0.25, 0.3) is 0 Å². The summed E-state index contributed by atoms with van der Waals surface area (Å²) < 4.78 is 3.74. The smallest absolute Gasteiger partial charge is 0.181 e. The van der Waals surface area contributed by atoms with Crippen LogP contribution in [0.15, 0.2) is 18.5 Å². The molecule has 2 rings (SSSR count). The molecule has 0 unspecified atom stereocenters. The number of aromatic nitrogens is 4. The number of rotatable bonds is 6. The van der Waals surface area contributed by atoms with E-state index in [-0.39, 0.29) is 5.78 Å². The highest BCUT2D eigenvalue weighted by atomic mass is 16.1. The Labute approximate surface area is 113 Å². The highest BCUT2D eigenvalue weighted by Crippen LogP contribution is 2.10. The van der Waals surface area contributed by atoms with Gasteiger partial charge in [0.1, 0.15) is 11.5 Å². The topological polar surface area (TPSA) is 52.7 Å². The maximum absolute atomic E-state index is 12.3. The van der Waals surface area contributed by atoms with Gasteiger partial charge in [0.2, 0.25) is 0 Å². The molecule has 0 radical (unpaired) electrons. The Morgan fingerprint density at radius 2 is 2.16 bits per heavy atom. The first kappa shape index (κ1) is 13.5. The van der Waals surface area contributed by atoms with Crippen molar-refractivity contribution in [2.75, 3.05) is 0 Å². The quantitative estimate of drug-likeness (QED) is 0.747. The van der Waals surface area contributed by atoms with E-state index in [1.54, 1.807) is 10.9 Å². The second-order valence-corrected chi connectivity index (χ2v) is 4.57. The standard InChI is InChI=1S/C14H20N4O/c1-4-11-10-12(18(5-2)16-11)13(19)6-7-14-15-8-9-17(14)3/h8-10H,4-7H2,1-3H3. The molecule has 2 aromatic rings. The molecule has 0 bridgehead atoms. The molecule has 2 heterocycles. The third-order valence-corrected chi connectivity index (χ3v) is 3.27. The van der Waals surface area contributed by atoms with E-state index >= 15 is 0 Å². The number of ketones is 1. The van der Waals surface area contributed by atoms with Crippen molar-refractivity contribution in [2.45, 2.75) is 39.7 Å². The van der Waals surface area contributed by atoms with Crippen LogP contribution in [-0.2, 0) is 26.4 Å². The first-order chi connectivity index (χ1) is 9.15. The number of carbonyl (C=O) groups is 1. The van der Waals surface area contributed by atoms with Crippen LogP contribution >= 0.6 is 0 Å². The number of Topliss-reactive ketones (excluding diaryl/α,β-unsaturated/α-hetero) is 1. The SMILES string of the molecule is CCc1cc(C(=O)CCc2nccn2C)n(CC)n1. The van der Waals surface area contributed by atoms with Crippen LogP contribution in [0.3, 0.4) is 0 Å². The van der Waals surface area contributed by atoms with Crippen LogP contribution in [0.25, 0.3) is 0 Å². The fourth-order valence-electron chi connectivity index (χ4n) is 2.10. The van der Waals surface area contributed by atoms with Gasteiger partial charge in [0, 0.05) is 38.8 Å². The summed E-state index contributed by atoms with van der Waals surface area (Å²) in [6.45, 7) is 4.77. The van der Waals surface area contributed by atoms with E-state index in [0.29, 0.717) is 18.5 Å². The second-order valence-electron chi connectivity index (χ2n) is 4.57. The lowest BCUT2D eigenvalue weighted by Crippen LogP contribution is -2.11. The maximum Gasteiger partial charge on any atom is 0.181 e. The molecule has 0 saturated heterocycles. The summed E-state index contributed by atoms with van der Waals surface area (Å²) in [5, 5.41) is 4.41. The minimum absolute atomic E-state index is 0.136. The Morgan fingerprint density at radius 3 is 2.74 bits per heavy atom. The lowest BCUT2D eigenvalue weighted by atomic mass is 10.1. The molecular weight excluding hydrogens is 240 g/mol. The van der Waals surface area contributed by atoms with Gasteiger partial charge in [-0.1, -0.05) is 6.92 Å². The average molecular weight is 260 g/mol. The molecular formula is C14H20N4O. The molecule has 5 heteroatoms. The van der Waals surface area contributed by atoms with E-state index in [9.17, 15) is 4.79 Å². The Balaban J connectivity index is 2.07. The Morgan fingerprint density at radius 1 is 1.37 bits per heavy atom. The van der Waals surface area contributed by atoms with Crippen LogP contribution in [-0.4, -0.2) is 25.1 Å². The van der Waals surface area contributed by atoms with Crippen molar-refractivity contribution >= 4 is 5.78 Å². The van der Waals surface area contributed by atoms with Gasteiger partial charge in [-0.25, -0.2) is 4.98 Å². The van der Waals surface area contributed by atoms with Crippen molar-refractivity contribution in [2.24, 2.45) is 7.05 Å². The predicted octanol–water partition coefficient (Wildman–Crippen LogP) is 2.01. The minimum Gasteiger partial charge on any atom is -0.338 e. The third kappa shape index (κ3) is 2.92. The highest BCUT2D eigenvalue weighted by molar-refractivity contribution is 5.94. The number of imidazole rings is 1. The molecule has 5 nitrogen and oxygen atoms in total. The lowest BCUT2D eigenvalue weighted by Gasteiger charge is -2.04. The number of carbonyl (C=O) groups excluding carboxylic acids is 1. The maximum atomic E-state index is 12.3. The van der Waals surface area contributed by atoms with E-state index in [1.807, 2.05) is 37.7 Å². The Hall–Kier alpha value is -1.91. The van der Waals surface area contributed by atoms with Crippen molar-refractivity contribution in [3.63, 3.8) is 0 Å². The number of nitrogens with zero attached hydrogens (tertiary/aromatic N) is 4. The van der Waals surface area contributed by atoms with Gasteiger partial charge in [-0.2, -0.15) is 5.10 Å². The van der Waals surface area contributed by atoms with Crippen LogP contribution in [0.4, 0.5) is 0 Å². The van der Waals surface area contributed by atoms with Crippen LogP contribution in [0, 0.1) is 0 Å². The first-order valence-corrected chi connectivity index (χ1v) is 6.71. The molecule has 0 aliphatic heterocycles. The van der Waals surface area contributed by atoms with Gasteiger partial charge < -0.3 is 4.57 Å². The van der Waals surface area contributed by atoms with Crippen molar-refractivity contribution < 1.29 is 4.79 Å². The van der Waals surface area contributed by atoms with Crippen molar-refractivity contribution in [1.82, 2.24) is 19.3 Å². The molecule has 102 valence electrons. The Bertz CT molecular complexity index is 568. The molecule has 0 amide bonds. The van der Waals surface area contributed by atoms with Gasteiger partial charge in [-0.05, 0) is 19.4 Å². The molecule has 0 atom stereocenters. The fraction of sp³-hybridized carbons (Fsp3) is 0.500. The summed E-state index contributed by atoms with van der Waals surface area (Å²) in [5.74, 6) is 1.07. The molecule has 0 spiro atoms. The summed E-state index contributed by atoms with van der Waals surface area (Å²) >= 11 is 0. The summed E-state index contributed by atoms with van der Waals surface area (Å²) in [6.07, 6.45) is 5.64. The van der Waals surface area contributed by atoms with Gasteiger partial charge in [0.05, 0.1) is 5.69 Å². The van der Waals surface area contributed by atoms with Crippen LogP contribution in [0.2, 0.25) is 0 Å². The molecule has 0 aromatic carbocycles. The largest absolute Gasteiger partial charge is 0.338 e. The predicted molar refractivity (Wildman–Crippen MR) is 73.1 cm³/mol. The van der Waals surface area contributed by atoms with Gasteiger partial charge in [-0.15, -0.1) is 0 Å². The normalized spacial score (nSPS) is 10.9. The number of hydrogen-bond donors (Lipinski definition) is 0. The van der Waals surface area contributed by atoms with E-state index < -0.39 is 0 Å². The van der Waals surface area contributed by atoms with Crippen LogP contribution in [0.1, 0.15) is 42.3 Å². The summed E-state index contributed by atoms with van der Waals surface area (Å²) in [5.41, 5.74) is 1.69. The molecule has 19 heavy (non-hydrogen) atoms. The molecule has 0 aliphatic rings. The molecule has 0 aliphatic carbocycles. The number of hydrogen-bond acceptors (Lipinski definition) is 3. The van der Waals surface area contributed by atoms with Crippen molar-refractivity contribution in [3.8, 4) is 0 Å². The van der Waals surface area contributed by atoms with Gasteiger partial charge >= 0.3 is 0 Å². The molecule has 2 aromatic heterocycles. The minimum atomic E-state index is 0.136. The zero-order chi connectivity index (χ0) is 13.8. The molecule has 0 N–H and O–H groups in total. The number of aryl methyl sites for hydroxylation is 4. The van der Waals surface area contributed by atoms with E-state index in [4.69, 9.17) is 0 Å². The first-order valence-electron chi connectivity index (χ1n) is 6.71. The summed E-state index contributed by atoms with van der Waals surface area (Å²) in [4.78, 5) is 16.5. The highest BCUT2D eigenvalue weighted by Gasteiger charge is 2.14. The van der Waals surface area contributed by atoms with Crippen LogP contribution in [0.5, 0.6) is 0 Å². The van der Waals surface area contributed by atoms with Crippen molar-refractivity contribution in [3.05, 3.63) is 35.7 Å². The van der Waals surface area contributed by atoms with E-state index in [2.05, 4.69) is 10.1 Å². The molecule has 0 saturated carbocycles. The average Bonchev–Trinajstić information content (AvgIpc) is 3.01. The monoisotopic (exact) mass is 260 g/mol. The van der Waals surface area contributed by atoms with Crippen LogP contribution < -0.4 is 0 Å². The van der Waals surface area contributed by atoms with E-state index in [0.717, 1.165) is 24.5 Å². The van der Waals surface area contributed by atoms with Gasteiger partial charge in [0.15, 0.2) is 5.78 Å². The van der Waals surface area contributed by atoms with Gasteiger partial charge in [-0.3, -0.25) is 9.48 Å². The van der Waals surface area contributed by atoms with Crippen molar-refractivity contribution in [1.29, 1.82) is 0 Å². The molecule has 0 fully saturated rings. The summed E-state index contributed by atoms with van der Waals surface area (Å²) in [6, 6.07) is 1.91. The zero-order valence-corrected chi connectivity index (χ0v) is 11.8. The second kappa shape index (κ2) is 5.82. The fourth-order valence-corrected chi connectivity index (χ4v) is 2.10. The summed E-state index contributed by atoms with van der Waals surface area (Å²) in [7, 11) is 1.94. The third-order valence-electron chi connectivity index (χ3n) is 3.27. The zero-order valence-electron chi connectivity index (χ0n) is 11.8.